The quantitative estimate of drug-likeness (QED) is 0.733. The first kappa shape index (κ1) is 15.7. The van der Waals surface area contributed by atoms with Crippen LogP contribution in [0.3, 0.4) is 0 Å². The van der Waals surface area contributed by atoms with Gasteiger partial charge in [0.1, 0.15) is 17.4 Å². The van der Waals surface area contributed by atoms with Crippen LogP contribution in [0.25, 0.3) is 11.8 Å². The molecule has 122 valence electrons. The van der Waals surface area contributed by atoms with E-state index in [0.717, 1.165) is 0 Å². The summed E-state index contributed by atoms with van der Waals surface area (Å²) in [5, 5.41) is 2.70. The molecule has 0 radical (unpaired) electrons. The summed E-state index contributed by atoms with van der Waals surface area (Å²) in [6, 6.07) is 8.34. The maximum atomic E-state index is 14.3. The highest BCUT2D eigenvalue weighted by atomic mass is 19.1. The summed E-state index contributed by atoms with van der Waals surface area (Å²) in [6.07, 6.45) is 7.80. The molecule has 3 rings (SSSR count). The summed E-state index contributed by atoms with van der Waals surface area (Å²) in [6.45, 7) is 2.04. The maximum absolute atomic E-state index is 14.3. The van der Waals surface area contributed by atoms with Gasteiger partial charge in [-0.3, -0.25) is 4.79 Å². The standard InChI is InChI=1S/C18H16FN3O2/c1-13-20-8-9-22(13)17-6-4-14(11-16(17)19)12-21-18(23)7-5-15-3-2-10-24-15/h2-11H,12H2,1H3,(H,21,23). The Labute approximate surface area is 138 Å². The largest absolute Gasteiger partial charge is 0.465 e. The van der Waals surface area contributed by atoms with Crippen LogP contribution < -0.4 is 5.32 Å². The van der Waals surface area contributed by atoms with Crippen LogP contribution in [0.5, 0.6) is 0 Å². The lowest BCUT2D eigenvalue weighted by Crippen LogP contribution is -2.20. The molecule has 0 spiro atoms. The van der Waals surface area contributed by atoms with E-state index in [-0.39, 0.29) is 18.3 Å². The van der Waals surface area contributed by atoms with Crippen molar-refractivity contribution in [2.75, 3.05) is 0 Å². The maximum Gasteiger partial charge on any atom is 0.244 e. The van der Waals surface area contributed by atoms with Crippen LogP contribution in [0.4, 0.5) is 4.39 Å². The molecule has 0 saturated heterocycles. The Morgan fingerprint density at radius 1 is 1.42 bits per heavy atom. The van der Waals surface area contributed by atoms with Gasteiger partial charge in [-0.15, -0.1) is 0 Å². The fourth-order valence-corrected chi connectivity index (χ4v) is 2.28. The second-order valence-electron chi connectivity index (χ2n) is 5.20. The molecule has 0 saturated carbocycles. The molecule has 0 aliphatic rings. The zero-order chi connectivity index (χ0) is 16.9. The molecule has 0 atom stereocenters. The summed E-state index contributed by atoms with van der Waals surface area (Å²) >= 11 is 0. The highest BCUT2D eigenvalue weighted by molar-refractivity contribution is 5.91. The van der Waals surface area contributed by atoms with E-state index in [2.05, 4.69) is 10.3 Å². The third kappa shape index (κ3) is 3.60. The molecule has 6 heteroatoms. The second kappa shape index (κ2) is 6.95. The number of aromatic nitrogens is 2. The Morgan fingerprint density at radius 3 is 2.96 bits per heavy atom. The van der Waals surface area contributed by atoms with E-state index in [1.807, 2.05) is 0 Å². The van der Waals surface area contributed by atoms with Gasteiger partial charge in [0.05, 0.1) is 12.0 Å². The number of amides is 1. The molecule has 1 aromatic carbocycles. The number of furan rings is 1. The molecule has 2 heterocycles. The van der Waals surface area contributed by atoms with Crippen LogP contribution in [0.15, 0.2) is 59.5 Å². The minimum atomic E-state index is -0.367. The van der Waals surface area contributed by atoms with Crippen molar-refractivity contribution in [3.8, 4) is 5.69 Å². The van der Waals surface area contributed by atoms with Crippen LogP contribution in [0.2, 0.25) is 0 Å². The lowest BCUT2D eigenvalue weighted by molar-refractivity contribution is -0.116. The summed E-state index contributed by atoms with van der Waals surface area (Å²) in [4.78, 5) is 15.8. The summed E-state index contributed by atoms with van der Waals surface area (Å²) in [7, 11) is 0. The first-order chi connectivity index (χ1) is 11.6. The lowest BCUT2D eigenvalue weighted by Gasteiger charge is -2.09. The topological polar surface area (TPSA) is 60.1 Å². The summed E-state index contributed by atoms with van der Waals surface area (Å²) < 4.78 is 21.0. The number of hydrogen-bond donors (Lipinski definition) is 1. The molecule has 2 aromatic heterocycles. The van der Waals surface area contributed by atoms with Crippen molar-refractivity contribution in [1.29, 1.82) is 0 Å². The fourth-order valence-electron chi connectivity index (χ4n) is 2.28. The number of carbonyl (C=O) groups is 1. The molecular weight excluding hydrogens is 309 g/mol. The third-order valence-electron chi connectivity index (χ3n) is 3.51. The van der Waals surface area contributed by atoms with E-state index in [0.29, 0.717) is 22.8 Å². The molecule has 0 unspecified atom stereocenters. The Hall–Kier alpha value is -3.15. The van der Waals surface area contributed by atoms with Crippen molar-refractivity contribution in [3.05, 3.63) is 78.0 Å². The second-order valence-corrected chi connectivity index (χ2v) is 5.20. The molecule has 3 aromatic rings. The predicted molar refractivity (Wildman–Crippen MR) is 87.8 cm³/mol. The van der Waals surface area contributed by atoms with Gasteiger partial charge in [-0.25, -0.2) is 9.37 Å². The van der Waals surface area contributed by atoms with Crippen molar-refractivity contribution < 1.29 is 13.6 Å². The molecule has 1 N–H and O–H groups in total. The van der Waals surface area contributed by atoms with Gasteiger partial charge in [-0.05, 0) is 42.8 Å². The molecule has 0 fully saturated rings. The predicted octanol–water partition coefficient (Wildman–Crippen LogP) is 3.24. The molecule has 0 bridgehead atoms. The normalized spacial score (nSPS) is 11.1. The summed E-state index contributed by atoms with van der Waals surface area (Å²) in [5.74, 6) is 0.657. The lowest BCUT2D eigenvalue weighted by atomic mass is 10.2. The van der Waals surface area contributed by atoms with Crippen LogP contribution in [-0.4, -0.2) is 15.5 Å². The number of benzene rings is 1. The molecule has 5 nitrogen and oxygen atoms in total. The van der Waals surface area contributed by atoms with Crippen LogP contribution >= 0.6 is 0 Å². The highest BCUT2D eigenvalue weighted by Crippen LogP contribution is 2.16. The van der Waals surface area contributed by atoms with Gasteiger partial charge in [-0.2, -0.15) is 0 Å². The average molecular weight is 325 g/mol. The Bertz CT molecular complexity index is 866. The van der Waals surface area contributed by atoms with Gasteiger partial charge in [0.15, 0.2) is 0 Å². The fraction of sp³-hybridized carbons (Fsp3) is 0.111. The number of nitrogens with one attached hydrogen (secondary N) is 1. The Morgan fingerprint density at radius 2 is 2.29 bits per heavy atom. The smallest absolute Gasteiger partial charge is 0.244 e. The van der Waals surface area contributed by atoms with Gasteiger partial charge in [0.25, 0.3) is 0 Å². The van der Waals surface area contributed by atoms with Crippen molar-refractivity contribution in [2.45, 2.75) is 13.5 Å². The number of rotatable bonds is 5. The van der Waals surface area contributed by atoms with Crippen molar-refractivity contribution in [3.63, 3.8) is 0 Å². The number of aryl methyl sites for hydroxylation is 1. The van der Waals surface area contributed by atoms with Gasteiger partial charge in [-0.1, -0.05) is 6.07 Å². The Kier molecular flexibility index (Phi) is 4.56. The average Bonchev–Trinajstić information content (AvgIpc) is 3.23. The van der Waals surface area contributed by atoms with E-state index in [4.69, 9.17) is 4.42 Å². The van der Waals surface area contributed by atoms with Gasteiger partial charge in [0.2, 0.25) is 5.91 Å². The first-order valence-electron chi connectivity index (χ1n) is 7.41. The number of carbonyl (C=O) groups excluding carboxylic acids is 1. The van der Waals surface area contributed by atoms with Crippen LogP contribution in [0, 0.1) is 12.7 Å². The minimum Gasteiger partial charge on any atom is -0.465 e. The van der Waals surface area contributed by atoms with E-state index < -0.39 is 0 Å². The first-order valence-corrected chi connectivity index (χ1v) is 7.41. The SMILES string of the molecule is Cc1nccn1-c1ccc(CNC(=O)C=Cc2ccco2)cc1F. The number of halogens is 1. The monoisotopic (exact) mass is 325 g/mol. The van der Waals surface area contributed by atoms with Crippen molar-refractivity contribution in [2.24, 2.45) is 0 Å². The molecular formula is C18H16FN3O2. The summed E-state index contributed by atoms with van der Waals surface area (Å²) in [5.41, 5.74) is 1.10. The van der Waals surface area contributed by atoms with E-state index in [1.165, 1.54) is 18.4 Å². The van der Waals surface area contributed by atoms with Gasteiger partial charge >= 0.3 is 0 Å². The van der Waals surface area contributed by atoms with E-state index >= 15 is 0 Å². The number of hydrogen-bond acceptors (Lipinski definition) is 3. The third-order valence-corrected chi connectivity index (χ3v) is 3.51. The molecule has 0 aliphatic carbocycles. The van der Waals surface area contributed by atoms with E-state index in [9.17, 15) is 9.18 Å². The van der Waals surface area contributed by atoms with E-state index in [1.54, 1.807) is 54.2 Å². The number of imidazole rings is 1. The van der Waals surface area contributed by atoms with Crippen molar-refractivity contribution >= 4 is 12.0 Å². The van der Waals surface area contributed by atoms with Crippen molar-refractivity contribution in [1.82, 2.24) is 14.9 Å². The van der Waals surface area contributed by atoms with Crippen LogP contribution in [-0.2, 0) is 11.3 Å². The van der Waals surface area contributed by atoms with Crippen LogP contribution in [0.1, 0.15) is 17.1 Å². The molecule has 24 heavy (non-hydrogen) atoms. The molecule has 0 aliphatic heterocycles. The zero-order valence-corrected chi connectivity index (χ0v) is 13.1. The van der Waals surface area contributed by atoms with Gasteiger partial charge in [0, 0.05) is 25.0 Å². The molecule has 1 amide bonds. The minimum absolute atomic E-state index is 0.238. The zero-order valence-electron chi connectivity index (χ0n) is 13.1. The van der Waals surface area contributed by atoms with Gasteiger partial charge < -0.3 is 14.3 Å². The Balaban J connectivity index is 1.63. The highest BCUT2D eigenvalue weighted by Gasteiger charge is 2.08. The number of nitrogens with zero attached hydrogens (tertiary/aromatic N) is 2.